The van der Waals surface area contributed by atoms with E-state index >= 15 is 0 Å². The largest absolute Gasteiger partial charge is 0.310 e. The van der Waals surface area contributed by atoms with Crippen molar-refractivity contribution < 1.29 is 4.39 Å². The molecule has 1 aromatic rings. The van der Waals surface area contributed by atoms with Crippen LogP contribution in [-0.2, 0) is 0 Å². The Labute approximate surface area is 115 Å². The third-order valence-electron chi connectivity index (χ3n) is 4.97. The Kier molecular flexibility index (Phi) is 3.38. The smallest absolute Gasteiger partial charge is 0.128 e. The van der Waals surface area contributed by atoms with Crippen molar-refractivity contribution in [1.29, 1.82) is 0 Å². The van der Waals surface area contributed by atoms with Crippen LogP contribution in [0.25, 0.3) is 0 Å². The van der Waals surface area contributed by atoms with Gasteiger partial charge in [-0.3, -0.25) is 0 Å². The molecular formula is C17H24FN. The van der Waals surface area contributed by atoms with E-state index in [2.05, 4.69) is 18.3 Å². The first-order chi connectivity index (χ1) is 9.10. The molecule has 0 bridgehead atoms. The maximum atomic E-state index is 14.4. The van der Waals surface area contributed by atoms with Crippen LogP contribution < -0.4 is 5.32 Å². The second kappa shape index (κ2) is 4.90. The van der Waals surface area contributed by atoms with Crippen LogP contribution >= 0.6 is 0 Å². The van der Waals surface area contributed by atoms with E-state index in [1.165, 1.54) is 19.3 Å². The van der Waals surface area contributed by atoms with Crippen LogP contribution in [0.2, 0.25) is 0 Å². The number of fused-ring (bicyclic) bond motifs is 1. The Balaban J connectivity index is 1.91. The molecule has 104 valence electrons. The molecule has 0 radical (unpaired) electrons. The van der Waals surface area contributed by atoms with E-state index in [4.69, 9.17) is 0 Å². The highest BCUT2D eigenvalue weighted by Crippen LogP contribution is 2.57. The molecule has 0 aliphatic heterocycles. The van der Waals surface area contributed by atoms with Crippen molar-refractivity contribution in [3.63, 3.8) is 0 Å². The minimum atomic E-state index is -0.0241. The molecule has 0 spiro atoms. The predicted octanol–water partition coefficient (Wildman–Crippen LogP) is 4.14. The van der Waals surface area contributed by atoms with Gasteiger partial charge in [0.05, 0.1) is 0 Å². The highest BCUT2D eigenvalue weighted by Gasteiger charge is 2.48. The van der Waals surface area contributed by atoms with Gasteiger partial charge >= 0.3 is 0 Å². The standard InChI is InChI=1S/C17H24FN/c1-4-19-17(14-8-12-7-13(12)9-14)16-11(3)5-10(2)6-15(16)18/h5-6,12-14,17,19H,4,7-9H2,1-3H3. The topological polar surface area (TPSA) is 12.0 Å². The molecule has 19 heavy (non-hydrogen) atoms. The van der Waals surface area contributed by atoms with E-state index in [9.17, 15) is 4.39 Å². The fourth-order valence-electron chi connectivity index (χ4n) is 4.08. The highest BCUT2D eigenvalue weighted by atomic mass is 19.1. The number of benzene rings is 1. The van der Waals surface area contributed by atoms with E-state index < -0.39 is 0 Å². The van der Waals surface area contributed by atoms with Crippen LogP contribution in [0.1, 0.15) is 48.9 Å². The molecule has 1 aromatic carbocycles. The third kappa shape index (κ3) is 2.43. The normalized spacial score (nSPS) is 30.2. The summed E-state index contributed by atoms with van der Waals surface area (Å²) in [6, 6.07) is 4.00. The van der Waals surface area contributed by atoms with Gasteiger partial charge in [-0.2, -0.15) is 0 Å². The van der Waals surface area contributed by atoms with Crippen molar-refractivity contribution in [3.8, 4) is 0 Å². The van der Waals surface area contributed by atoms with Crippen LogP contribution in [0.15, 0.2) is 12.1 Å². The molecule has 1 N–H and O–H groups in total. The van der Waals surface area contributed by atoms with E-state index in [0.717, 1.165) is 35.1 Å². The fourth-order valence-corrected chi connectivity index (χ4v) is 4.08. The quantitative estimate of drug-likeness (QED) is 0.859. The summed E-state index contributed by atoms with van der Waals surface area (Å²) < 4.78 is 14.4. The number of hydrogen-bond acceptors (Lipinski definition) is 1. The zero-order valence-electron chi connectivity index (χ0n) is 12.2. The van der Waals surface area contributed by atoms with Gasteiger partial charge in [-0.05, 0) is 74.6 Å². The van der Waals surface area contributed by atoms with E-state index in [0.29, 0.717) is 5.92 Å². The summed E-state index contributed by atoms with van der Waals surface area (Å²) in [5.74, 6) is 2.49. The van der Waals surface area contributed by atoms with Gasteiger partial charge in [-0.15, -0.1) is 0 Å². The molecule has 0 heterocycles. The van der Waals surface area contributed by atoms with Gasteiger partial charge in [0.15, 0.2) is 0 Å². The van der Waals surface area contributed by atoms with Crippen molar-refractivity contribution in [1.82, 2.24) is 5.32 Å². The highest BCUT2D eigenvalue weighted by molar-refractivity contribution is 5.35. The van der Waals surface area contributed by atoms with Gasteiger partial charge in [-0.25, -0.2) is 4.39 Å². The lowest BCUT2D eigenvalue weighted by Crippen LogP contribution is -2.29. The van der Waals surface area contributed by atoms with E-state index in [-0.39, 0.29) is 11.9 Å². The molecule has 2 aliphatic carbocycles. The maximum Gasteiger partial charge on any atom is 0.128 e. The van der Waals surface area contributed by atoms with Gasteiger partial charge in [-0.1, -0.05) is 13.0 Å². The van der Waals surface area contributed by atoms with Gasteiger partial charge in [0.1, 0.15) is 5.82 Å². The SMILES string of the molecule is CCNC(c1c(C)cc(C)cc1F)C1CC2CC2C1. The Morgan fingerprint density at radius 3 is 2.47 bits per heavy atom. The summed E-state index contributed by atoms with van der Waals surface area (Å²) in [5.41, 5.74) is 3.03. The monoisotopic (exact) mass is 261 g/mol. The lowest BCUT2D eigenvalue weighted by Gasteiger charge is -2.28. The molecule has 2 aliphatic rings. The van der Waals surface area contributed by atoms with Crippen LogP contribution in [0.5, 0.6) is 0 Å². The molecule has 2 fully saturated rings. The molecule has 3 unspecified atom stereocenters. The number of nitrogens with one attached hydrogen (secondary N) is 1. The van der Waals surface area contributed by atoms with Crippen molar-refractivity contribution in [3.05, 3.63) is 34.6 Å². The first-order valence-corrected chi connectivity index (χ1v) is 7.60. The van der Waals surface area contributed by atoms with Gasteiger partial charge in [0, 0.05) is 11.6 Å². The molecular weight excluding hydrogens is 237 g/mol. The van der Waals surface area contributed by atoms with Crippen molar-refractivity contribution in [2.45, 2.75) is 46.1 Å². The van der Waals surface area contributed by atoms with Crippen LogP contribution in [-0.4, -0.2) is 6.54 Å². The summed E-state index contributed by atoms with van der Waals surface area (Å²) in [5, 5.41) is 3.54. The number of rotatable bonds is 4. The van der Waals surface area contributed by atoms with Crippen LogP contribution in [0.3, 0.4) is 0 Å². The summed E-state index contributed by atoms with van der Waals surface area (Å²) in [4.78, 5) is 0. The summed E-state index contributed by atoms with van der Waals surface area (Å²) in [6.45, 7) is 7.03. The molecule has 2 heteroatoms. The summed E-state index contributed by atoms with van der Waals surface area (Å²) in [6.07, 6.45) is 3.99. The number of halogens is 1. The molecule has 2 saturated carbocycles. The molecule has 0 saturated heterocycles. The van der Waals surface area contributed by atoms with Crippen molar-refractivity contribution in [2.75, 3.05) is 6.54 Å². The molecule has 1 nitrogen and oxygen atoms in total. The molecule has 0 amide bonds. The zero-order chi connectivity index (χ0) is 13.6. The second-order valence-electron chi connectivity index (χ2n) is 6.50. The third-order valence-corrected chi connectivity index (χ3v) is 4.97. The fraction of sp³-hybridized carbons (Fsp3) is 0.647. The second-order valence-corrected chi connectivity index (χ2v) is 6.50. The average Bonchev–Trinajstić information content (AvgIpc) is 2.94. The van der Waals surface area contributed by atoms with Crippen LogP contribution in [0.4, 0.5) is 4.39 Å². The lowest BCUT2D eigenvalue weighted by atomic mass is 9.86. The maximum absolute atomic E-state index is 14.4. The first-order valence-electron chi connectivity index (χ1n) is 7.60. The van der Waals surface area contributed by atoms with Gasteiger partial charge < -0.3 is 5.32 Å². The summed E-state index contributed by atoms with van der Waals surface area (Å²) in [7, 11) is 0. The molecule has 3 atom stereocenters. The minimum absolute atomic E-state index is 0.0241. The molecule has 3 rings (SSSR count). The predicted molar refractivity (Wildman–Crippen MR) is 76.6 cm³/mol. The zero-order valence-corrected chi connectivity index (χ0v) is 12.2. The van der Waals surface area contributed by atoms with Crippen molar-refractivity contribution >= 4 is 0 Å². The lowest BCUT2D eigenvalue weighted by molar-refractivity contribution is 0.336. The Bertz CT molecular complexity index is 449. The average molecular weight is 261 g/mol. The van der Waals surface area contributed by atoms with E-state index in [1.807, 2.05) is 13.8 Å². The Hall–Kier alpha value is -0.890. The summed E-state index contributed by atoms with van der Waals surface area (Å²) >= 11 is 0. The van der Waals surface area contributed by atoms with E-state index in [1.54, 1.807) is 6.07 Å². The van der Waals surface area contributed by atoms with Crippen LogP contribution in [0, 0.1) is 37.4 Å². The number of aryl methyl sites for hydroxylation is 2. The Morgan fingerprint density at radius 1 is 1.21 bits per heavy atom. The number of hydrogen-bond donors (Lipinski definition) is 1. The Morgan fingerprint density at radius 2 is 1.89 bits per heavy atom. The van der Waals surface area contributed by atoms with Crippen molar-refractivity contribution in [2.24, 2.45) is 17.8 Å². The minimum Gasteiger partial charge on any atom is -0.310 e. The molecule has 0 aromatic heterocycles. The van der Waals surface area contributed by atoms with Gasteiger partial charge in [0.2, 0.25) is 0 Å². The first kappa shape index (κ1) is 13.1. The van der Waals surface area contributed by atoms with Gasteiger partial charge in [0.25, 0.3) is 0 Å².